The smallest absolute Gasteiger partial charge is 0.240 e. The van der Waals surface area contributed by atoms with Gasteiger partial charge >= 0.3 is 6.18 Å². The standard InChI is InChI=1S/C8H9F3N2S/c1-5(14-2)7-12-4-3-6(13-7)8(9,10)11/h3-5H,1-2H3. The van der Waals surface area contributed by atoms with E-state index in [1.807, 2.05) is 0 Å². The fourth-order valence-electron chi connectivity index (χ4n) is 0.833. The number of hydrogen-bond acceptors (Lipinski definition) is 3. The minimum absolute atomic E-state index is 0.127. The van der Waals surface area contributed by atoms with E-state index in [0.29, 0.717) is 0 Å². The van der Waals surface area contributed by atoms with Crippen LogP contribution in [0, 0.1) is 0 Å². The summed E-state index contributed by atoms with van der Waals surface area (Å²) in [6, 6.07) is 0.872. The van der Waals surface area contributed by atoms with Gasteiger partial charge in [-0.15, -0.1) is 0 Å². The maximum Gasteiger partial charge on any atom is 0.433 e. The van der Waals surface area contributed by atoms with Gasteiger partial charge in [0, 0.05) is 6.20 Å². The van der Waals surface area contributed by atoms with E-state index >= 15 is 0 Å². The van der Waals surface area contributed by atoms with Crippen LogP contribution in [0.1, 0.15) is 23.7 Å². The molecule has 78 valence electrons. The highest BCUT2D eigenvalue weighted by Gasteiger charge is 2.33. The van der Waals surface area contributed by atoms with Crippen LogP contribution in [0.25, 0.3) is 0 Å². The van der Waals surface area contributed by atoms with E-state index in [9.17, 15) is 13.2 Å². The molecule has 0 aliphatic rings. The van der Waals surface area contributed by atoms with Gasteiger partial charge < -0.3 is 0 Å². The van der Waals surface area contributed by atoms with Gasteiger partial charge in [0.15, 0.2) is 0 Å². The lowest BCUT2D eigenvalue weighted by Crippen LogP contribution is -2.10. The van der Waals surface area contributed by atoms with Gasteiger partial charge in [0.2, 0.25) is 0 Å². The van der Waals surface area contributed by atoms with Crippen LogP contribution < -0.4 is 0 Å². The first-order valence-corrected chi connectivity index (χ1v) is 5.17. The number of aromatic nitrogens is 2. The van der Waals surface area contributed by atoms with Gasteiger partial charge in [0.25, 0.3) is 0 Å². The highest BCUT2D eigenvalue weighted by Crippen LogP contribution is 2.29. The fraction of sp³-hybridized carbons (Fsp3) is 0.500. The van der Waals surface area contributed by atoms with Crippen molar-refractivity contribution < 1.29 is 13.2 Å². The van der Waals surface area contributed by atoms with Gasteiger partial charge in [0.1, 0.15) is 11.5 Å². The van der Waals surface area contributed by atoms with Gasteiger partial charge in [-0.1, -0.05) is 0 Å². The van der Waals surface area contributed by atoms with E-state index in [4.69, 9.17) is 0 Å². The molecule has 2 nitrogen and oxygen atoms in total. The number of hydrogen-bond donors (Lipinski definition) is 0. The fourth-order valence-corrected chi connectivity index (χ4v) is 1.16. The van der Waals surface area contributed by atoms with Crippen LogP contribution in [-0.2, 0) is 6.18 Å². The predicted octanol–water partition coefficient (Wildman–Crippen LogP) is 2.92. The van der Waals surface area contributed by atoms with Crippen molar-refractivity contribution in [2.45, 2.75) is 18.3 Å². The zero-order valence-corrected chi connectivity index (χ0v) is 8.49. The van der Waals surface area contributed by atoms with E-state index in [1.54, 1.807) is 13.2 Å². The van der Waals surface area contributed by atoms with Gasteiger partial charge in [-0.2, -0.15) is 24.9 Å². The third kappa shape index (κ3) is 2.60. The Hall–Kier alpha value is -0.780. The summed E-state index contributed by atoms with van der Waals surface area (Å²) in [5.74, 6) is 0.215. The summed E-state index contributed by atoms with van der Waals surface area (Å²) in [5, 5.41) is -0.127. The Kier molecular flexibility index (Phi) is 3.36. The molecule has 0 spiro atoms. The first-order valence-electron chi connectivity index (χ1n) is 3.88. The van der Waals surface area contributed by atoms with Crippen LogP contribution in [0.2, 0.25) is 0 Å². The minimum atomic E-state index is -4.39. The third-order valence-corrected chi connectivity index (χ3v) is 2.60. The largest absolute Gasteiger partial charge is 0.433 e. The van der Waals surface area contributed by atoms with Crippen molar-refractivity contribution in [2.24, 2.45) is 0 Å². The summed E-state index contributed by atoms with van der Waals surface area (Å²) in [6.07, 6.45) is -1.46. The van der Waals surface area contributed by atoms with Crippen molar-refractivity contribution in [1.82, 2.24) is 9.97 Å². The highest BCUT2D eigenvalue weighted by molar-refractivity contribution is 7.98. The molecule has 1 unspecified atom stereocenters. The molecule has 14 heavy (non-hydrogen) atoms. The number of halogens is 3. The molecule has 0 N–H and O–H groups in total. The van der Waals surface area contributed by atoms with Gasteiger partial charge in [-0.25, -0.2) is 9.97 Å². The second kappa shape index (κ2) is 4.16. The first kappa shape index (κ1) is 11.3. The van der Waals surface area contributed by atoms with Crippen LogP contribution in [0.3, 0.4) is 0 Å². The molecule has 1 heterocycles. The molecule has 0 aliphatic heterocycles. The van der Waals surface area contributed by atoms with Crippen molar-refractivity contribution in [1.29, 1.82) is 0 Å². The SMILES string of the molecule is CSC(C)c1nccc(C(F)(F)F)n1. The molecule has 0 fully saturated rings. The number of nitrogens with zero attached hydrogens (tertiary/aromatic N) is 2. The Morgan fingerprint density at radius 2 is 2.07 bits per heavy atom. The van der Waals surface area contributed by atoms with Crippen molar-refractivity contribution in [2.75, 3.05) is 6.26 Å². The zero-order valence-electron chi connectivity index (χ0n) is 7.67. The van der Waals surface area contributed by atoms with Crippen molar-refractivity contribution in [3.8, 4) is 0 Å². The topological polar surface area (TPSA) is 25.8 Å². The molecule has 1 aromatic rings. The molecular formula is C8H9F3N2S. The molecule has 1 rings (SSSR count). The highest BCUT2D eigenvalue weighted by atomic mass is 32.2. The van der Waals surface area contributed by atoms with Crippen molar-refractivity contribution in [3.05, 3.63) is 23.8 Å². The number of thioether (sulfide) groups is 1. The molecule has 1 atom stereocenters. The summed E-state index contributed by atoms with van der Waals surface area (Å²) in [5.41, 5.74) is -0.886. The molecule has 0 saturated heterocycles. The van der Waals surface area contributed by atoms with E-state index in [1.165, 1.54) is 11.8 Å². The average Bonchev–Trinajstić information content (AvgIpc) is 2.15. The Balaban J connectivity index is 3.01. The van der Waals surface area contributed by atoms with Gasteiger partial charge in [0.05, 0.1) is 5.25 Å². The Morgan fingerprint density at radius 1 is 1.43 bits per heavy atom. The summed E-state index contributed by atoms with van der Waals surface area (Å²) < 4.78 is 36.7. The lowest BCUT2D eigenvalue weighted by Gasteiger charge is -2.09. The molecule has 0 aromatic carbocycles. The van der Waals surface area contributed by atoms with E-state index < -0.39 is 11.9 Å². The minimum Gasteiger partial charge on any atom is -0.240 e. The summed E-state index contributed by atoms with van der Waals surface area (Å²) in [6.45, 7) is 1.76. The molecule has 0 bridgehead atoms. The number of alkyl halides is 3. The zero-order chi connectivity index (χ0) is 10.8. The molecule has 1 aromatic heterocycles. The van der Waals surface area contributed by atoms with Crippen LogP contribution in [0.5, 0.6) is 0 Å². The van der Waals surface area contributed by atoms with E-state index in [-0.39, 0.29) is 11.1 Å². The maximum atomic E-state index is 12.2. The lowest BCUT2D eigenvalue weighted by atomic mass is 10.3. The Morgan fingerprint density at radius 3 is 2.57 bits per heavy atom. The summed E-state index contributed by atoms with van der Waals surface area (Å²) in [7, 11) is 0. The van der Waals surface area contributed by atoms with Crippen LogP contribution in [0.4, 0.5) is 13.2 Å². The Bertz CT molecular complexity index is 314. The molecule has 0 radical (unpaired) electrons. The van der Waals surface area contributed by atoms with Crippen molar-refractivity contribution in [3.63, 3.8) is 0 Å². The monoisotopic (exact) mass is 222 g/mol. The third-order valence-electron chi connectivity index (χ3n) is 1.68. The quantitative estimate of drug-likeness (QED) is 0.769. The molecule has 0 saturated carbocycles. The average molecular weight is 222 g/mol. The van der Waals surface area contributed by atoms with Crippen LogP contribution >= 0.6 is 11.8 Å². The number of rotatable bonds is 2. The lowest BCUT2D eigenvalue weighted by molar-refractivity contribution is -0.141. The molecule has 6 heteroatoms. The summed E-state index contributed by atoms with van der Waals surface area (Å²) in [4.78, 5) is 7.25. The first-order chi connectivity index (χ1) is 6.45. The second-order valence-corrected chi connectivity index (χ2v) is 3.85. The summed E-state index contributed by atoms with van der Waals surface area (Å²) >= 11 is 1.40. The normalized spacial score (nSPS) is 14.1. The second-order valence-electron chi connectivity index (χ2n) is 2.68. The maximum absolute atomic E-state index is 12.2. The van der Waals surface area contributed by atoms with Crippen molar-refractivity contribution >= 4 is 11.8 Å². The van der Waals surface area contributed by atoms with Gasteiger partial charge in [-0.05, 0) is 19.2 Å². The van der Waals surface area contributed by atoms with Gasteiger partial charge in [-0.3, -0.25) is 0 Å². The predicted molar refractivity (Wildman–Crippen MR) is 49.0 cm³/mol. The van der Waals surface area contributed by atoms with Crippen LogP contribution in [0.15, 0.2) is 12.3 Å². The molecule has 0 amide bonds. The van der Waals surface area contributed by atoms with E-state index in [0.717, 1.165) is 12.3 Å². The van der Waals surface area contributed by atoms with E-state index in [2.05, 4.69) is 9.97 Å². The molecular weight excluding hydrogens is 213 g/mol. The molecule has 0 aliphatic carbocycles. The Labute approximate surface area is 84.0 Å². The van der Waals surface area contributed by atoms with Crippen LogP contribution in [-0.4, -0.2) is 16.2 Å².